The van der Waals surface area contributed by atoms with Gasteiger partial charge in [0.05, 0.1) is 17.4 Å². The first-order chi connectivity index (χ1) is 14.3. The van der Waals surface area contributed by atoms with Crippen molar-refractivity contribution in [3.8, 4) is 0 Å². The summed E-state index contributed by atoms with van der Waals surface area (Å²) in [6.45, 7) is 1.91. The Hall–Kier alpha value is -1.96. The topological polar surface area (TPSA) is 120 Å². The van der Waals surface area contributed by atoms with Crippen LogP contribution < -0.4 is 0 Å². The van der Waals surface area contributed by atoms with Gasteiger partial charge in [0, 0.05) is 18.9 Å². The van der Waals surface area contributed by atoms with Gasteiger partial charge in [-0.3, -0.25) is 0 Å². The van der Waals surface area contributed by atoms with E-state index in [0.717, 1.165) is 19.3 Å². The number of hydrogen-bond acceptors (Lipinski definition) is 6. The predicted octanol–water partition coefficient (Wildman–Crippen LogP) is 3.25. The van der Waals surface area contributed by atoms with Crippen LogP contribution >= 0.6 is 0 Å². The van der Waals surface area contributed by atoms with E-state index in [4.69, 9.17) is 9.84 Å². The Bertz CT molecular complexity index is 676. The number of rotatable bonds is 13. The lowest BCUT2D eigenvalue weighted by Crippen LogP contribution is -2.28. The minimum Gasteiger partial charge on any atom is -0.480 e. The molecule has 2 rings (SSSR count). The van der Waals surface area contributed by atoms with Crippen molar-refractivity contribution in [2.45, 2.75) is 70.0 Å². The van der Waals surface area contributed by atoms with E-state index >= 15 is 0 Å². The highest BCUT2D eigenvalue weighted by atomic mass is 16.5. The number of benzene rings is 1. The highest BCUT2D eigenvalue weighted by molar-refractivity contribution is 5.89. The molecule has 1 aliphatic rings. The van der Waals surface area contributed by atoms with Crippen molar-refractivity contribution in [2.24, 2.45) is 17.0 Å². The number of aliphatic hydroxyl groups excluding tert-OH is 1. The lowest BCUT2D eigenvalue weighted by molar-refractivity contribution is -0.142. The summed E-state index contributed by atoms with van der Waals surface area (Å²) in [4.78, 5) is 10.5. The highest BCUT2D eigenvalue weighted by Gasteiger charge is 2.40. The number of oxime groups is 1. The number of aryl methyl sites for hydroxylation is 1. The average molecular weight is 422 g/mol. The van der Waals surface area contributed by atoms with Crippen molar-refractivity contribution >= 4 is 11.7 Å². The second kappa shape index (κ2) is 12.0. The quantitative estimate of drug-likeness (QED) is 0.220. The zero-order chi connectivity index (χ0) is 22.0. The van der Waals surface area contributed by atoms with E-state index in [-0.39, 0.29) is 18.4 Å². The van der Waals surface area contributed by atoms with E-state index in [1.165, 1.54) is 5.56 Å². The van der Waals surface area contributed by atoms with Gasteiger partial charge in [-0.25, -0.2) is 4.79 Å². The molecule has 4 N–H and O–H groups in total. The number of aliphatic hydroxyl groups is 2. The van der Waals surface area contributed by atoms with Crippen LogP contribution in [0.5, 0.6) is 0 Å². The first-order valence-corrected chi connectivity index (χ1v) is 10.8. The molecule has 7 nitrogen and oxygen atoms in total. The molecule has 0 saturated heterocycles. The Morgan fingerprint density at radius 2 is 1.93 bits per heavy atom. The van der Waals surface area contributed by atoms with Gasteiger partial charge in [-0.05, 0) is 56.9 Å². The van der Waals surface area contributed by atoms with Gasteiger partial charge in [0.25, 0.3) is 0 Å². The van der Waals surface area contributed by atoms with Crippen LogP contribution in [0.15, 0.2) is 35.5 Å². The summed E-state index contributed by atoms with van der Waals surface area (Å²) in [6.07, 6.45) is 4.69. The number of nitrogens with zero attached hydrogens (tertiary/aromatic N) is 1. The molecule has 1 saturated carbocycles. The number of aliphatic carboxylic acids is 1. The van der Waals surface area contributed by atoms with Crippen LogP contribution in [0.4, 0.5) is 0 Å². The number of unbranched alkanes of at least 4 members (excludes halogenated alkanes) is 1. The predicted molar refractivity (Wildman–Crippen MR) is 114 cm³/mol. The summed E-state index contributed by atoms with van der Waals surface area (Å²) in [5, 5.41) is 42.7. The van der Waals surface area contributed by atoms with Gasteiger partial charge in [0.2, 0.25) is 0 Å². The first kappa shape index (κ1) is 24.3. The molecule has 0 aliphatic heterocycles. The fraction of sp³-hybridized carbons (Fsp3) is 0.652. The molecule has 0 amide bonds. The third-order valence-electron chi connectivity index (χ3n) is 6.08. The lowest BCUT2D eigenvalue weighted by Gasteiger charge is -2.28. The third-order valence-corrected chi connectivity index (χ3v) is 6.08. The molecule has 0 bridgehead atoms. The molecule has 0 heterocycles. The molecule has 168 valence electrons. The SMILES string of the molecule is CC(O)(CCc1ccccc1)CCC1/C(=N\O)CC(O)C1CCCCOCC(=O)O. The maximum Gasteiger partial charge on any atom is 0.329 e. The summed E-state index contributed by atoms with van der Waals surface area (Å²) in [6, 6.07) is 10.1. The van der Waals surface area contributed by atoms with Gasteiger partial charge in [-0.1, -0.05) is 41.9 Å². The lowest BCUT2D eigenvalue weighted by atomic mass is 9.82. The summed E-state index contributed by atoms with van der Waals surface area (Å²) in [5.41, 5.74) is 0.960. The molecule has 30 heavy (non-hydrogen) atoms. The molecule has 4 atom stereocenters. The van der Waals surface area contributed by atoms with Crippen molar-refractivity contribution < 1.29 is 30.1 Å². The average Bonchev–Trinajstić information content (AvgIpc) is 3.03. The highest BCUT2D eigenvalue weighted by Crippen LogP contribution is 2.38. The maximum absolute atomic E-state index is 10.8. The van der Waals surface area contributed by atoms with Crippen LogP contribution in [0.1, 0.15) is 57.4 Å². The van der Waals surface area contributed by atoms with Crippen LogP contribution in [0.25, 0.3) is 0 Å². The van der Waals surface area contributed by atoms with Crippen molar-refractivity contribution in [2.75, 3.05) is 13.2 Å². The largest absolute Gasteiger partial charge is 0.480 e. The van der Waals surface area contributed by atoms with Gasteiger partial charge in [0.1, 0.15) is 6.61 Å². The van der Waals surface area contributed by atoms with Gasteiger partial charge < -0.3 is 25.3 Å². The van der Waals surface area contributed by atoms with E-state index < -0.39 is 17.7 Å². The van der Waals surface area contributed by atoms with Crippen LogP contribution in [0.3, 0.4) is 0 Å². The molecule has 1 fully saturated rings. The van der Waals surface area contributed by atoms with Crippen LogP contribution in [0.2, 0.25) is 0 Å². The minimum atomic E-state index is -0.982. The smallest absolute Gasteiger partial charge is 0.329 e. The van der Waals surface area contributed by atoms with Gasteiger partial charge in [-0.15, -0.1) is 0 Å². The Balaban J connectivity index is 1.82. The normalized spacial score (nSPS) is 24.8. The molecular formula is C23H35NO6. The minimum absolute atomic E-state index is 0.0275. The van der Waals surface area contributed by atoms with E-state index in [1.807, 2.05) is 25.1 Å². The van der Waals surface area contributed by atoms with Crippen molar-refractivity contribution in [3.05, 3.63) is 35.9 Å². The molecule has 4 unspecified atom stereocenters. The second-order valence-electron chi connectivity index (χ2n) is 8.60. The maximum atomic E-state index is 10.8. The number of hydrogen-bond donors (Lipinski definition) is 4. The molecule has 0 aromatic heterocycles. The van der Waals surface area contributed by atoms with Crippen LogP contribution in [-0.4, -0.2) is 57.1 Å². The number of carboxylic acid groups (broad SMARTS) is 1. The number of ether oxygens (including phenoxy) is 1. The monoisotopic (exact) mass is 421 g/mol. The molecule has 1 aliphatic carbocycles. The van der Waals surface area contributed by atoms with E-state index in [1.54, 1.807) is 0 Å². The Labute approximate surface area is 178 Å². The summed E-state index contributed by atoms with van der Waals surface area (Å²) < 4.78 is 5.05. The molecule has 1 aromatic carbocycles. The molecule has 1 aromatic rings. The van der Waals surface area contributed by atoms with Crippen LogP contribution in [0, 0.1) is 11.8 Å². The van der Waals surface area contributed by atoms with Gasteiger partial charge in [0.15, 0.2) is 0 Å². The fourth-order valence-corrected chi connectivity index (χ4v) is 4.31. The zero-order valence-electron chi connectivity index (χ0n) is 17.7. The third kappa shape index (κ3) is 8.05. The standard InChI is InChI=1S/C23H35NO6/c1-23(28,12-10-17-7-3-2-4-8-17)13-11-18-19(21(25)15-20(18)24-29)9-5-6-14-30-16-22(26)27/h2-4,7-8,18-19,21,25,28-29H,5-6,9-16H2,1H3,(H,26,27)/b24-20-. The molecule has 7 heteroatoms. The van der Waals surface area contributed by atoms with E-state index in [2.05, 4.69) is 17.3 Å². The Morgan fingerprint density at radius 3 is 2.60 bits per heavy atom. The summed E-state index contributed by atoms with van der Waals surface area (Å²) >= 11 is 0. The summed E-state index contributed by atoms with van der Waals surface area (Å²) in [5.74, 6) is -1.07. The van der Waals surface area contributed by atoms with E-state index in [9.17, 15) is 20.2 Å². The van der Waals surface area contributed by atoms with Crippen LogP contribution in [-0.2, 0) is 16.0 Å². The Kier molecular flexibility index (Phi) is 9.75. The second-order valence-corrected chi connectivity index (χ2v) is 8.60. The summed E-state index contributed by atoms with van der Waals surface area (Å²) in [7, 11) is 0. The number of carboxylic acids is 1. The fourth-order valence-electron chi connectivity index (χ4n) is 4.31. The van der Waals surface area contributed by atoms with Gasteiger partial charge in [-0.2, -0.15) is 0 Å². The molecule has 0 spiro atoms. The first-order valence-electron chi connectivity index (χ1n) is 10.8. The van der Waals surface area contributed by atoms with Crippen molar-refractivity contribution in [3.63, 3.8) is 0 Å². The van der Waals surface area contributed by atoms with Gasteiger partial charge >= 0.3 is 5.97 Å². The van der Waals surface area contributed by atoms with E-state index in [0.29, 0.717) is 44.4 Å². The van der Waals surface area contributed by atoms with Crippen molar-refractivity contribution in [1.82, 2.24) is 0 Å². The van der Waals surface area contributed by atoms with Crippen molar-refractivity contribution in [1.29, 1.82) is 0 Å². The zero-order valence-corrected chi connectivity index (χ0v) is 17.7. The molecule has 0 radical (unpaired) electrons. The number of carbonyl (C=O) groups is 1. The molecular weight excluding hydrogens is 386 g/mol. The Morgan fingerprint density at radius 1 is 1.20 bits per heavy atom.